The fourth-order valence-corrected chi connectivity index (χ4v) is 5.17. The van der Waals surface area contributed by atoms with Gasteiger partial charge in [-0.3, -0.25) is 9.59 Å². The normalized spacial score (nSPS) is 15.2. The summed E-state index contributed by atoms with van der Waals surface area (Å²) in [6.45, 7) is 3.99. The molecule has 0 unspecified atom stereocenters. The Balaban J connectivity index is 1.75. The van der Waals surface area contributed by atoms with E-state index in [0.717, 1.165) is 30.6 Å². The second kappa shape index (κ2) is 12.0. The minimum Gasteiger partial charge on any atom is -0.352 e. The van der Waals surface area contributed by atoms with Crippen molar-refractivity contribution in [3.63, 3.8) is 0 Å². The number of hydrogen-bond donors (Lipinski definition) is 1. The van der Waals surface area contributed by atoms with Gasteiger partial charge < -0.3 is 10.2 Å². The molecule has 0 radical (unpaired) electrons. The van der Waals surface area contributed by atoms with Gasteiger partial charge in [-0.05, 0) is 51.0 Å². The zero-order valence-corrected chi connectivity index (χ0v) is 20.9. The maximum absolute atomic E-state index is 13.3. The van der Waals surface area contributed by atoms with Crippen LogP contribution < -0.4 is 5.32 Å². The fourth-order valence-electron chi connectivity index (χ4n) is 3.87. The largest absolute Gasteiger partial charge is 0.352 e. The number of rotatable bonds is 8. The van der Waals surface area contributed by atoms with Gasteiger partial charge in [0.15, 0.2) is 0 Å². The molecule has 32 heavy (non-hydrogen) atoms. The Hall–Kier alpha value is -1.69. The molecule has 1 fully saturated rings. The highest BCUT2D eigenvalue weighted by atomic mass is 35.5. The van der Waals surface area contributed by atoms with E-state index in [1.165, 1.54) is 23.7 Å². The van der Waals surface area contributed by atoms with Crippen molar-refractivity contribution in [1.29, 1.82) is 0 Å². The van der Waals surface area contributed by atoms with Gasteiger partial charge >= 0.3 is 0 Å². The summed E-state index contributed by atoms with van der Waals surface area (Å²) in [6.07, 6.45) is 5.46. The molecule has 172 valence electrons. The molecule has 3 rings (SSSR count). The average molecular weight is 494 g/mol. The molecule has 0 aliphatic heterocycles. The summed E-state index contributed by atoms with van der Waals surface area (Å²) in [5.74, 6) is -0.0294. The average Bonchev–Trinajstić information content (AvgIpc) is 2.78. The van der Waals surface area contributed by atoms with E-state index >= 15 is 0 Å². The lowest BCUT2D eigenvalue weighted by molar-refractivity contribution is -0.139. The number of halogens is 2. The van der Waals surface area contributed by atoms with Gasteiger partial charge in [0.2, 0.25) is 11.8 Å². The summed E-state index contributed by atoms with van der Waals surface area (Å²) in [6, 6.07) is 12.9. The number of carbonyl (C=O) groups excluding carboxylic acids is 2. The van der Waals surface area contributed by atoms with Gasteiger partial charge in [0, 0.05) is 33.1 Å². The second-order valence-corrected chi connectivity index (χ2v) is 10.2. The molecule has 1 N–H and O–H groups in total. The number of nitrogens with one attached hydrogen (secondary N) is 1. The molecular weight excluding hydrogens is 463 g/mol. The van der Waals surface area contributed by atoms with Crippen molar-refractivity contribution in [3.8, 4) is 0 Å². The number of amides is 2. The van der Waals surface area contributed by atoms with E-state index in [4.69, 9.17) is 23.2 Å². The first-order valence-corrected chi connectivity index (χ1v) is 12.8. The highest BCUT2D eigenvalue weighted by Gasteiger charge is 2.29. The number of benzene rings is 2. The van der Waals surface area contributed by atoms with Crippen LogP contribution in [0.25, 0.3) is 0 Å². The molecule has 7 heteroatoms. The van der Waals surface area contributed by atoms with E-state index in [9.17, 15) is 9.59 Å². The molecular formula is C25H30Cl2N2O2S. The minimum atomic E-state index is -0.629. The van der Waals surface area contributed by atoms with Crippen LogP contribution in [0.5, 0.6) is 0 Å². The molecule has 1 aliphatic carbocycles. The topological polar surface area (TPSA) is 49.4 Å². The van der Waals surface area contributed by atoms with E-state index in [1.807, 2.05) is 31.2 Å². The number of aryl methyl sites for hydroxylation is 1. The van der Waals surface area contributed by atoms with Crippen molar-refractivity contribution in [2.45, 2.75) is 69.5 Å². The molecule has 0 spiro atoms. The van der Waals surface area contributed by atoms with E-state index < -0.39 is 6.04 Å². The zero-order valence-electron chi connectivity index (χ0n) is 18.6. The maximum atomic E-state index is 13.3. The molecule has 2 aromatic carbocycles. The molecule has 1 atom stereocenters. The first-order valence-electron chi connectivity index (χ1n) is 11.1. The summed E-state index contributed by atoms with van der Waals surface area (Å²) >= 11 is 14.2. The van der Waals surface area contributed by atoms with Crippen molar-refractivity contribution in [1.82, 2.24) is 10.2 Å². The molecule has 0 saturated heterocycles. The van der Waals surface area contributed by atoms with Crippen molar-refractivity contribution in [2.75, 3.05) is 5.75 Å². The van der Waals surface area contributed by atoms with Crippen LogP contribution in [0.1, 0.15) is 50.2 Å². The van der Waals surface area contributed by atoms with Gasteiger partial charge in [0.25, 0.3) is 0 Å². The molecule has 0 bridgehead atoms. The molecule has 2 amide bonds. The van der Waals surface area contributed by atoms with E-state index in [-0.39, 0.29) is 30.2 Å². The van der Waals surface area contributed by atoms with Gasteiger partial charge in [-0.15, -0.1) is 11.8 Å². The molecule has 4 nitrogen and oxygen atoms in total. The van der Waals surface area contributed by atoms with Crippen molar-refractivity contribution in [3.05, 3.63) is 63.6 Å². The summed E-state index contributed by atoms with van der Waals surface area (Å²) in [5, 5.41) is 4.12. The highest BCUT2D eigenvalue weighted by Crippen LogP contribution is 2.28. The predicted octanol–water partition coefficient (Wildman–Crippen LogP) is 6.26. The van der Waals surface area contributed by atoms with E-state index in [1.54, 1.807) is 30.0 Å². The third kappa shape index (κ3) is 6.90. The van der Waals surface area contributed by atoms with Crippen LogP contribution in [0.4, 0.5) is 0 Å². The lowest BCUT2D eigenvalue weighted by Crippen LogP contribution is -2.50. The van der Waals surface area contributed by atoms with Crippen LogP contribution in [0, 0.1) is 6.92 Å². The van der Waals surface area contributed by atoms with Crippen LogP contribution in [0.2, 0.25) is 10.0 Å². The smallest absolute Gasteiger partial charge is 0.242 e. The number of carbonyl (C=O) groups is 2. The summed E-state index contributed by atoms with van der Waals surface area (Å²) < 4.78 is 0. The summed E-state index contributed by atoms with van der Waals surface area (Å²) in [7, 11) is 0. The highest BCUT2D eigenvalue weighted by molar-refractivity contribution is 8.00. The summed E-state index contributed by atoms with van der Waals surface area (Å²) in [4.78, 5) is 28.9. The quantitative estimate of drug-likeness (QED) is 0.442. The SMILES string of the molecule is Cc1ccc(SCC(=O)N(Cc2c(Cl)cccc2Cl)[C@H](C)C(=O)NC2CCCCC2)cc1. The minimum absolute atomic E-state index is 0.127. The van der Waals surface area contributed by atoms with Crippen LogP contribution >= 0.6 is 35.0 Å². The monoisotopic (exact) mass is 492 g/mol. The first-order chi connectivity index (χ1) is 15.3. The number of hydrogen-bond acceptors (Lipinski definition) is 3. The zero-order chi connectivity index (χ0) is 23.1. The lowest BCUT2D eigenvalue weighted by Gasteiger charge is -2.31. The Morgan fingerprint density at radius 3 is 2.31 bits per heavy atom. The Bertz CT molecular complexity index is 910. The first kappa shape index (κ1) is 24.9. The van der Waals surface area contributed by atoms with Crippen LogP contribution in [0.15, 0.2) is 47.4 Å². The van der Waals surface area contributed by atoms with Crippen molar-refractivity contribution < 1.29 is 9.59 Å². The van der Waals surface area contributed by atoms with Crippen LogP contribution in [-0.4, -0.2) is 34.6 Å². The Morgan fingerprint density at radius 1 is 1.06 bits per heavy atom. The van der Waals surface area contributed by atoms with Gasteiger partial charge in [0.05, 0.1) is 5.75 Å². The Kier molecular flexibility index (Phi) is 9.33. The summed E-state index contributed by atoms with van der Waals surface area (Å²) in [5.41, 5.74) is 1.82. The molecule has 1 aliphatic rings. The fraction of sp³-hybridized carbons (Fsp3) is 0.440. The van der Waals surface area contributed by atoms with Crippen molar-refractivity contribution in [2.24, 2.45) is 0 Å². The van der Waals surface area contributed by atoms with Crippen LogP contribution in [-0.2, 0) is 16.1 Å². The molecule has 0 heterocycles. The third-order valence-corrected chi connectivity index (χ3v) is 7.60. The maximum Gasteiger partial charge on any atom is 0.242 e. The lowest BCUT2D eigenvalue weighted by atomic mass is 9.95. The number of nitrogens with zero attached hydrogens (tertiary/aromatic N) is 1. The molecule has 0 aromatic heterocycles. The van der Waals surface area contributed by atoms with E-state index in [0.29, 0.717) is 15.6 Å². The predicted molar refractivity (Wildman–Crippen MR) is 133 cm³/mol. The third-order valence-electron chi connectivity index (χ3n) is 5.89. The Morgan fingerprint density at radius 2 is 1.69 bits per heavy atom. The second-order valence-electron chi connectivity index (χ2n) is 8.34. The molecule has 1 saturated carbocycles. The van der Waals surface area contributed by atoms with Gasteiger partial charge in [0.1, 0.15) is 6.04 Å². The number of thioether (sulfide) groups is 1. The van der Waals surface area contributed by atoms with Gasteiger partial charge in [-0.2, -0.15) is 0 Å². The molecule has 2 aromatic rings. The van der Waals surface area contributed by atoms with Crippen LogP contribution in [0.3, 0.4) is 0 Å². The van der Waals surface area contributed by atoms with Gasteiger partial charge in [-0.25, -0.2) is 0 Å². The van der Waals surface area contributed by atoms with Gasteiger partial charge in [-0.1, -0.05) is 66.2 Å². The van der Waals surface area contributed by atoms with E-state index in [2.05, 4.69) is 5.32 Å². The Labute approximate surface area is 205 Å². The van der Waals surface area contributed by atoms with Crippen molar-refractivity contribution >= 4 is 46.8 Å². The standard InChI is InChI=1S/C25H30Cl2N2O2S/c1-17-11-13-20(14-12-17)32-16-24(30)29(15-21-22(26)9-6-10-23(21)27)18(2)25(31)28-19-7-4-3-5-8-19/h6,9-14,18-19H,3-5,7-8,15-16H2,1-2H3,(H,28,31)/t18-/m1/s1.